The Morgan fingerprint density at radius 3 is 2.47 bits per heavy atom. The zero-order valence-electron chi connectivity index (χ0n) is 9.11. The van der Waals surface area contributed by atoms with Gasteiger partial charge in [-0.2, -0.15) is 0 Å². The minimum atomic E-state index is -1.02. The summed E-state index contributed by atoms with van der Waals surface area (Å²) >= 11 is 0. The van der Waals surface area contributed by atoms with Crippen LogP contribution in [0.15, 0.2) is 24.3 Å². The molecular formula is C13H18O2. The van der Waals surface area contributed by atoms with E-state index in [2.05, 4.69) is 0 Å². The highest BCUT2D eigenvalue weighted by Gasteiger charge is 2.39. The van der Waals surface area contributed by atoms with Crippen molar-refractivity contribution in [2.45, 2.75) is 44.3 Å². The molecule has 0 saturated heterocycles. The van der Waals surface area contributed by atoms with E-state index in [9.17, 15) is 10.2 Å². The maximum absolute atomic E-state index is 10.5. The lowest BCUT2D eigenvalue weighted by Gasteiger charge is -2.37. The van der Waals surface area contributed by atoms with Crippen molar-refractivity contribution >= 4 is 0 Å². The topological polar surface area (TPSA) is 40.5 Å². The lowest BCUT2D eigenvalue weighted by atomic mass is 9.77. The van der Waals surface area contributed by atoms with Gasteiger partial charge < -0.3 is 10.2 Å². The Labute approximate surface area is 90.6 Å². The van der Waals surface area contributed by atoms with Crippen molar-refractivity contribution in [3.8, 4) is 0 Å². The second kappa shape index (κ2) is 3.95. The molecule has 2 N–H and O–H groups in total. The molecule has 0 radical (unpaired) electrons. The number of aryl methyl sites for hydroxylation is 1. The van der Waals surface area contributed by atoms with E-state index in [0.717, 1.165) is 18.4 Å². The van der Waals surface area contributed by atoms with Crippen LogP contribution in [0.1, 0.15) is 36.8 Å². The summed E-state index contributed by atoms with van der Waals surface area (Å²) < 4.78 is 0. The number of rotatable bonds is 1. The highest BCUT2D eigenvalue weighted by molar-refractivity contribution is 5.28. The van der Waals surface area contributed by atoms with Gasteiger partial charge in [0.2, 0.25) is 0 Å². The van der Waals surface area contributed by atoms with E-state index in [-0.39, 0.29) is 0 Å². The second-order valence-electron chi connectivity index (χ2n) is 4.55. The van der Waals surface area contributed by atoms with Crippen molar-refractivity contribution in [3.63, 3.8) is 0 Å². The van der Waals surface area contributed by atoms with Crippen molar-refractivity contribution in [1.82, 2.24) is 0 Å². The first-order valence-electron chi connectivity index (χ1n) is 5.60. The lowest BCUT2D eigenvalue weighted by Crippen LogP contribution is -2.42. The van der Waals surface area contributed by atoms with Crippen LogP contribution >= 0.6 is 0 Å². The molecule has 0 aromatic heterocycles. The van der Waals surface area contributed by atoms with E-state index in [1.165, 1.54) is 5.56 Å². The predicted octanol–water partition coefficient (Wildman–Crippen LogP) is 2.12. The zero-order chi connectivity index (χ0) is 10.9. The van der Waals surface area contributed by atoms with Crippen LogP contribution in [-0.2, 0) is 5.60 Å². The van der Waals surface area contributed by atoms with Crippen molar-refractivity contribution in [1.29, 1.82) is 0 Å². The summed E-state index contributed by atoms with van der Waals surface area (Å²) in [6.07, 6.45) is 2.74. The quantitative estimate of drug-likeness (QED) is 0.739. The summed E-state index contributed by atoms with van der Waals surface area (Å²) in [5.41, 5.74) is 0.999. The maximum Gasteiger partial charge on any atom is 0.115 e. The van der Waals surface area contributed by atoms with Gasteiger partial charge in [0.05, 0.1) is 6.10 Å². The Morgan fingerprint density at radius 1 is 1.20 bits per heavy atom. The van der Waals surface area contributed by atoms with Gasteiger partial charge in [-0.05, 0) is 25.3 Å². The van der Waals surface area contributed by atoms with Crippen molar-refractivity contribution in [2.75, 3.05) is 0 Å². The summed E-state index contributed by atoms with van der Waals surface area (Å²) in [6, 6.07) is 7.80. The third-order valence-electron chi connectivity index (χ3n) is 3.39. The standard InChI is InChI=1S/C13H18O2/c1-10-5-7-11(8-6-10)13(15)9-3-2-4-12(13)14/h5-8,12,14-15H,2-4,9H2,1H3/t12-,13+/m1/s1. The van der Waals surface area contributed by atoms with Gasteiger partial charge in [0.1, 0.15) is 5.60 Å². The summed E-state index contributed by atoms with van der Waals surface area (Å²) in [5, 5.41) is 20.4. The molecule has 1 fully saturated rings. The van der Waals surface area contributed by atoms with Gasteiger partial charge in [0.15, 0.2) is 0 Å². The number of hydrogen-bond donors (Lipinski definition) is 2. The van der Waals surface area contributed by atoms with E-state index in [1.807, 2.05) is 31.2 Å². The van der Waals surface area contributed by atoms with Crippen molar-refractivity contribution < 1.29 is 10.2 Å². The highest BCUT2D eigenvalue weighted by Crippen LogP contribution is 2.37. The van der Waals surface area contributed by atoms with Crippen LogP contribution in [0.4, 0.5) is 0 Å². The number of benzene rings is 1. The van der Waals surface area contributed by atoms with E-state index < -0.39 is 11.7 Å². The smallest absolute Gasteiger partial charge is 0.115 e. The molecule has 2 rings (SSSR count). The molecule has 2 atom stereocenters. The highest BCUT2D eigenvalue weighted by atomic mass is 16.3. The molecule has 0 heterocycles. The number of hydrogen-bond acceptors (Lipinski definition) is 2. The SMILES string of the molecule is Cc1ccc([C@@]2(O)CCCC[C@H]2O)cc1. The zero-order valence-corrected chi connectivity index (χ0v) is 9.11. The van der Waals surface area contributed by atoms with Crippen LogP contribution in [0.25, 0.3) is 0 Å². The van der Waals surface area contributed by atoms with E-state index in [0.29, 0.717) is 12.8 Å². The predicted molar refractivity (Wildman–Crippen MR) is 59.6 cm³/mol. The Bertz CT molecular complexity index is 331. The van der Waals surface area contributed by atoms with Crippen LogP contribution in [-0.4, -0.2) is 16.3 Å². The first kappa shape index (κ1) is 10.7. The average molecular weight is 206 g/mol. The maximum atomic E-state index is 10.5. The first-order chi connectivity index (χ1) is 7.13. The molecule has 0 unspecified atom stereocenters. The van der Waals surface area contributed by atoms with Gasteiger partial charge >= 0.3 is 0 Å². The summed E-state index contributed by atoms with van der Waals surface area (Å²) in [7, 11) is 0. The fraction of sp³-hybridized carbons (Fsp3) is 0.538. The minimum Gasteiger partial charge on any atom is -0.390 e. The monoisotopic (exact) mass is 206 g/mol. The number of aliphatic hydroxyl groups excluding tert-OH is 1. The molecule has 0 aliphatic heterocycles. The van der Waals surface area contributed by atoms with Crippen LogP contribution in [0.2, 0.25) is 0 Å². The Balaban J connectivity index is 2.30. The molecule has 2 heteroatoms. The molecular weight excluding hydrogens is 188 g/mol. The summed E-state index contributed by atoms with van der Waals surface area (Å²) in [4.78, 5) is 0. The molecule has 1 aromatic carbocycles. The fourth-order valence-electron chi connectivity index (χ4n) is 2.32. The van der Waals surface area contributed by atoms with Gasteiger partial charge in [0, 0.05) is 0 Å². The fourth-order valence-corrected chi connectivity index (χ4v) is 2.32. The van der Waals surface area contributed by atoms with Crippen molar-refractivity contribution in [3.05, 3.63) is 35.4 Å². The summed E-state index contributed by atoms with van der Waals surface area (Å²) in [5.74, 6) is 0. The van der Waals surface area contributed by atoms with E-state index in [1.54, 1.807) is 0 Å². The molecule has 0 amide bonds. The number of aliphatic hydroxyl groups is 2. The molecule has 2 nitrogen and oxygen atoms in total. The minimum absolute atomic E-state index is 0.617. The van der Waals surface area contributed by atoms with Gasteiger partial charge in [-0.15, -0.1) is 0 Å². The largest absolute Gasteiger partial charge is 0.390 e. The van der Waals surface area contributed by atoms with Crippen LogP contribution in [0, 0.1) is 6.92 Å². The lowest BCUT2D eigenvalue weighted by molar-refractivity contribution is -0.106. The first-order valence-corrected chi connectivity index (χ1v) is 5.60. The van der Waals surface area contributed by atoms with E-state index >= 15 is 0 Å². The van der Waals surface area contributed by atoms with E-state index in [4.69, 9.17) is 0 Å². The molecule has 1 aliphatic rings. The Hall–Kier alpha value is -0.860. The molecule has 0 spiro atoms. The Kier molecular flexibility index (Phi) is 2.81. The normalized spacial score (nSPS) is 31.5. The van der Waals surface area contributed by atoms with Gasteiger partial charge in [0.25, 0.3) is 0 Å². The Morgan fingerprint density at radius 2 is 1.87 bits per heavy atom. The molecule has 0 bridgehead atoms. The van der Waals surface area contributed by atoms with Gasteiger partial charge in [-0.25, -0.2) is 0 Å². The molecule has 82 valence electrons. The third kappa shape index (κ3) is 1.92. The van der Waals surface area contributed by atoms with Crippen molar-refractivity contribution in [2.24, 2.45) is 0 Å². The molecule has 15 heavy (non-hydrogen) atoms. The van der Waals surface area contributed by atoms with Gasteiger partial charge in [-0.3, -0.25) is 0 Å². The van der Waals surface area contributed by atoms with Crippen LogP contribution in [0.3, 0.4) is 0 Å². The molecule has 1 aromatic rings. The second-order valence-corrected chi connectivity index (χ2v) is 4.55. The molecule has 1 saturated carbocycles. The summed E-state index contributed by atoms with van der Waals surface area (Å²) in [6.45, 7) is 2.02. The van der Waals surface area contributed by atoms with Crippen LogP contribution < -0.4 is 0 Å². The van der Waals surface area contributed by atoms with Gasteiger partial charge in [-0.1, -0.05) is 42.7 Å². The average Bonchev–Trinajstić information content (AvgIpc) is 2.23. The third-order valence-corrected chi connectivity index (χ3v) is 3.39. The molecule has 1 aliphatic carbocycles. The van der Waals surface area contributed by atoms with Crippen LogP contribution in [0.5, 0.6) is 0 Å².